The van der Waals surface area contributed by atoms with Gasteiger partial charge in [-0.25, -0.2) is 0 Å². The molecule has 0 saturated heterocycles. The van der Waals surface area contributed by atoms with Crippen molar-refractivity contribution in [2.75, 3.05) is 0 Å². The van der Waals surface area contributed by atoms with E-state index in [2.05, 4.69) is 43.8 Å². The van der Waals surface area contributed by atoms with Crippen molar-refractivity contribution in [2.24, 2.45) is 11.8 Å². The summed E-state index contributed by atoms with van der Waals surface area (Å²) in [5, 5.41) is 8.64. The molecule has 0 N–H and O–H groups in total. The molecule has 1 aromatic carbocycles. The molecule has 0 radical (unpaired) electrons. The number of nitriles is 1. The van der Waals surface area contributed by atoms with Gasteiger partial charge in [0.25, 0.3) is 0 Å². The molecule has 0 aliphatic heterocycles. The first kappa shape index (κ1) is 13.9. The number of hydrogen-bond acceptors (Lipinski definition) is 1. The Bertz CT molecular complexity index is 455. The van der Waals surface area contributed by atoms with Crippen molar-refractivity contribution < 1.29 is 0 Å². The van der Waals surface area contributed by atoms with Gasteiger partial charge in [0.1, 0.15) is 0 Å². The molecule has 0 amide bonds. The predicted octanol–water partition coefficient (Wildman–Crippen LogP) is 5.12. The fourth-order valence-corrected chi connectivity index (χ4v) is 3.07. The second-order valence-electron chi connectivity index (χ2n) is 5.81. The molecule has 0 spiro atoms. The van der Waals surface area contributed by atoms with Crippen LogP contribution in [-0.4, -0.2) is 0 Å². The average Bonchev–Trinajstić information content (AvgIpc) is 2.46. The SMILES string of the molecule is C=C(c1ccc(C)cc1)C1CCC(CCC#N)CC1. The first-order valence-corrected chi connectivity index (χ1v) is 7.33. The number of aryl methyl sites for hydroxylation is 1. The average molecular weight is 253 g/mol. The van der Waals surface area contributed by atoms with Crippen LogP contribution >= 0.6 is 0 Å². The molecule has 0 heterocycles. The Morgan fingerprint density at radius 1 is 1.21 bits per heavy atom. The van der Waals surface area contributed by atoms with E-state index < -0.39 is 0 Å². The van der Waals surface area contributed by atoms with E-state index in [0.29, 0.717) is 12.3 Å². The highest BCUT2D eigenvalue weighted by Gasteiger charge is 2.23. The Kier molecular flexibility index (Phi) is 4.80. The summed E-state index contributed by atoms with van der Waals surface area (Å²) in [6.07, 6.45) is 6.80. The van der Waals surface area contributed by atoms with Crippen molar-refractivity contribution >= 4 is 5.57 Å². The summed E-state index contributed by atoms with van der Waals surface area (Å²) in [5.74, 6) is 1.41. The van der Waals surface area contributed by atoms with E-state index in [1.807, 2.05) is 0 Å². The third kappa shape index (κ3) is 3.70. The van der Waals surface area contributed by atoms with Gasteiger partial charge < -0.3 is 0 Å². The Morgan fingerprint density at radius 2 is 1.84 bits per heavy atom. The molecule has 1 aromatic rings. The maximum absolute atomic E-state index is 8.64. The first-order chi connectivity index (χ1) is 9.20. The largest absolute Gasteiger partial charge is 0.198 e. The molecule has 1 aliphatic rings. The molecule has 0 bridgehead atoms. The van der Waals surface area contributed by atoms with Crippen LogP contribution in [-0.2, 0) is 0 Å². The normalized spacial score (nSPS) is 22.7. The van der Waals surface area contributed by atoms with Crippen LogP contribution in [0.3, 0.4) is 0 Å². The predicted molar refractivity (Wildman–Crippen MR) is 80.5 cm³/mol. The van der Waals surface area contributed by atoms with E-state index >= 15 is 0 Å². The number of benzene rings is 1. The van der Waals surface area contributed by atoms with Gasteiger partial charge in [0.2, 0.25) is 0 Å². The van der Waals surface area contributed by atoms with Crippen molar-refractivity contribution in [1.82, 2.24) is 0 Å². The van der Waals surface area contributed by atoms with Crippen molar-refractivity contribution in [2.45, 2.75) is 45.4 Å². The van der Waals surface area contributed by atoms with Crippen LogP contribution in [0.15, 0.2) is 30.8 Å². The summed E-state index contributed by atoms with van der Waals surface area (Å²) >= 11 is 0. The summed E-state index contributed by atoms with van der Waals surface area (Å²) in [4.78, 5) is 0. The molecule has 1 heteroatoms. The molecular formula is C18H23N. The highest BCUT2D eigenvalue weighted by atomic mass is 14.3. The van der Waals surface area contributed by atoms with E-state index in [9.17, 15) is 0 Å². The molecule has 100 valence electrons. The zero-order chi connectivity index (χ0) is 13.7. The third-order valence-electron chi connectivity index (χ3n) is 4.43. The maximum Gasteiger partial charge on any atom is 0.0621 e. The van der Waals surface area contributed by atoms with E-state index in [1.165, 1.54) is 42.4 Å². The summed E-state index contributed by atoms with van der Waals surface area (Å²) in [7, 11) is 0. The second kappa shape index (κ2) is 6.57. The van der Waals surface area contributed by atoms with E-state index in [4.69, 9.17) is 5.26 Å². The van der Waals surface area contributed by atoms with Crippen LogP contribution < -0.4 is 0 Å². The van der Waals surface area contributed by atoms with Crippen LogP contribution in [0.1, 0.15) is 49.7 Å². The van der Waals surface area contributed by atoms with Crippen LogP contribution in [0.25, 0.3) is 5.57 Å². The third-order valence-corrected chi connectivity index (χ3v) is 4.43. The van der Waals surface area contributed by atoms with Gasteiger partial charge in [-0.3, -0.25) is 0 Å². The zero-order valence-corrected chi connectivity index (χ0v) is 11.9. The van der Waals surface area contributed by atoms with Gasteiger partial charge in [-0.15, -0.1) is 0 Å². The monoisotopic (exact) mass is 253 g/mol. The topological polar surface area (TPSA) is 23.8 Å². The van der Waals surface area contributed by atoms with Gasteiger partial charge in [0.15, 0.2) is 0 Å². The van der Waals surface area contributed by atoms with Gasteiger partial charge in [0.05, 0.1) is 6.07 Å². The molecule has 1 aliphatic carbocycles. The molecule has 0 aromatic heterocycles. The summed E-state index contributed by atoms with van der Waals surface area (Å²) in [6, 6.07) is 11.0. The minimum absolute atomic E-state index is 0.640. The fraction of sp³-hybridized carbons (Fsp3) is 0.500. The summed E-state index contributed by atoms with van der Waals surface area (Å²) in [5.41, 5.74) is 3.90. The summed E-state index contributed by atoms with van der Waals surface area (Å²) < 4.78 is 0. The standard InChI is InChI=1S/C18H23N/c1-14-5-9-17(10-6-14)15(2)18-11-7-16(8-12-18)4-3-13-19/h5-6,9-10,16,18H,2-4,7-8,11-12H2,1H3. The molecule has 0 unspecified atom stereocenters. The molecular weight excluding hydrogens is 230 g/mol. The van der Waals surface area contributed by atoms with Crippen molar-refractivity contribution in [3.8, 4) is 6.07 Å². The van der Waals surface area contributed by atoms with Gasteiger partial charge in [-0.1, -0.05) is 36.4 Å². The smallest absolute Gasteiger partial charge is 0.0621 e. The minimum atomic E-state index is 0.640. The van der Waals surface area contributed by atoms with E-state index in [1.54, 1.807) is 0 Å². The molecule has 1 nitrogen and oxygen atoms in total. The Labute approximate surface area is 117 Å². The number of allylic oxidation sites excluding steroid dienone is 1. The van der Waals surface area contributed by atoms with Crippen molar-refractivity contribution in [3.05, 3.63) is 42.0 Å². The maximum atomic E-state index is 8.64. The quantitative estimate of drug-likeness (QED) is 0.730. The number of hydrogen-bond donors (Lipinski definition) is 0. The second-order valence-corrected chi connectivity index (χ2v) is 5.81. The molecule has 19 heavy (non-hydrogen) atoms. The molecule has 1 saturated carbocycles. The van der Waals surface area contributed by atoms with E-state index in [0.717, 1.165) is 12.3 Å². The van der Waals surface area contributed by atoms with Gasteiger partial charge in [-0.05, 0) is 62.0 Å². The number of rotatable bonds is 4. The lowest BCUT2D eigenvalue weighted by molar-refractivity contribution is 0.304. The van der Waals surface area contributed by atoms with Crippen LogP contribution in [0, 0.1) is 30.1 Å². The zero-order valence-electron chi connectivity index (χ0n) is 11.9. The molecule has 1 fully saturated rings. The lowest BCUT2D eigenvalue weighted by Crippen LogP contribution is -2.15. The van der Waals surface area contributed by atoms with Crippen molar-refractivity contribution in [3.63, 3.8) is 0 Å². The fourth-order valence-electron chi connectivity index (χ4n) is 3.07. The highest BCUT2D eigenvalue weighted by Crippen LogP contribution is 2.38. The van der Waals surface area contributed by atoms with Crippen LogP contribution in [0.5, 0.6) is 0 Å². The number of nitrogens with zero attached hydrogens (tertiary/aromatic N) is 1. The van der Waals surface area contributed by atoms with Gasteiger partial charge in [0, 0.05) is 6.42 Å². The van der Waals surface area contributed by atoms with E-state index in [-0.39, 0.29) is 0 Å². The first-order valence-electron chi connectivity index (χ1n) is 7.33. The van der Waals surface area contributed by atoms with Crippen molar-refractivity contribution in [1.29, 1.82) is 5.26 Å². The highest BCUT2D eigenvalue weighted by molar-refractivity contribution is 5.65. The lowest BCUT2D eigenvalue weighted by Gasteiger charge is -2.29. The Hall–Kier alpha value is -1.55. The summed E-state index contributed by atoms with van der Waals surface area (Å²) in [6.45, 7) is 6.43. The Morgan fingerprint density at radius 3 is 2.42 bits per heavy atom. The molecule has 2 rings (SSSR count). The molecule has 0 atom stereocenters. The lowest BCUT2D eigenvalue weighted by atomic mass is 9.76. The van der Waals surface area contributed by atoms with Gasteiger partial charge >= 0.3 is 0 Å². The minimum Gasteiger partial charge on any atom is -0.198 e. The van der Waals surface area contributed by atoms with Crippen LogP contribution in [0.4, 0.5) is 0 Å². The van der Waals surface area contributed by atoms with Crippen LogP contribution in [0.2, 0.25) is 0 Å². The Balaban J connectivity index is 1.89. The van der Waals surface area contributed by atoms with Gasteiger partial charge in [-0.2, -0.15) is 5.26 Å².